The second-order valence-electron chi connectivity index (χ2n) is 7.86. The lowest BCUT2D eigenvalue weighted by atomic mass is 9.92. The maximum absolute atomic E-state index is 12.9. The zero-order chi connectivity index (χ0) is 18.7. The fraction of sp³-hybridized carbons (Fsp3) is 0.524. The number of aromatic nitrogens is 1. The molecule has 0 radical (unpaired) electrons. The van der Waals surface area contributed by atoms with Gasteiger partial charge < -0.3 is 15.5 Å². The number of hydrogen-bond donors (Lipinski definition) is 2. The molecule has 5 nitrogen and oxygen atoms in total. The van der Waals surface area contributed by atoms with E-state index in [2.05, 4.69) is 41.3 Å². The Morgan fingerprint density at radius 2 is 1.96 bits per heavy atom. The molecule has 0 unspecified atom stereocenters. The van der Waals surface area contributed by atoms with Crippen molar-refractivity contribution in [3.8, 4) is 0 Å². The van der Waals surface area contributed by atoms with Crippen LogP contribution in [0.25, 0.3) is 10.9 Å². The number of amides is 1. The van der Waals surface area contributed by atoms with E-state index in [1.807, 2.05) is 37.4 Å². The number of likely N-dealkylation sites (tertiary alicyclic amines) is 1. The van der Waals surface area contributed by atoms with Gasteiger partial charge >= 0.3 is 0 Å². The molecule has 0 spiro atoms. The fourth-order valence-electron chi connectivity index (χ4n) is 4.17. The lowest BCUT2D eigenvalue weighted by Gasteiger charge is -2.36. The van der Waals surface area contributed by atoms with E-state index in [4.69, 9.17) is 0 Å². The molecule has 1 aliphatic rings. The summed E-state index contributed by atoms with van der Waals surface area (Å²) in [4.78, 5) is 19.9. The normalized spacial score (nSPS) is 22.2. The van der Waals surface area contributed by atoms with Gasteiger partial charge in [0, 0.05) is 38.1 Å². The van der Waals surface area contributed by atoms with E-state index >= 15 is 0 Å². The van der Waals surface area contributed by atoms with Gasteiger partial charge in [-0.3, -0.25) is 4.79 Å². The molecule has 0 saturated carbocycles. The molecule has 1 amide bonds. The summed E-state index contributed by atoms with van der Waals surface area (Å²) in [7, 11) is 1.82. The molecule has 2 N–H and O–H groups in total. The van der Waals surface area contributed by atoms with Gasteiger partial charge in [0.25, 0.3) is 5.91 Å². The molecule has 2 heterocycles. The van der Waals surface area contributed by atoms with Gasteiger partial charge in [-0.05, 0) is 37.3 Å². The summed E-state index contributed by atoms with van der Waals surface area (Å²) in [5, 5.41) is 7.11. The van der Waals surface area contributed by atoms with Crippen LogP contribution in [0.4, 0.5) is 5.82 Å². The summed E-state index contributed by atoms with van der Waals surface area (Å²) in [6.07, 6.45) is 1.30. The first kappa shape index (κ1) is 18.6. The topological polar surface area (TPSA) is 57.3 Å². The minimum atomic E-state index is -0.0364. The van der Waals surface area contributed by atoms with Crippen LogP contribution in [0, 0.1) is 11.8 Å². The first-order valence-electron chi connectivity index (χ1n) is 9.57. The second kappa shape index (κ2) is 8.04. The number of hydrogen-bond acceptors (Lipinski definition) is 4. The highest BCUT2D eigenvalue weighted by molar-refractivity contribution is 6.07. The Morgan fingerprint density at radius 1 is 1.27 bits per heavy atom. The van der Waals surface area contributed by atoms with Crippen LogP contribution in [-0.2, 0) is 0 Å². The van der Waals surface area contributed by atoms with Crippen LogP contribution in [0.15, 0.2) is 30.3 Å². The van der Waals surface area contributed by atoms with Gasteiger partial charge in [0.2, 0.25) is 0 Å². The molecule has 1 aromatic carbocycles. The average molecular weight is 354 g/mol. The van der Waals surface area contributed by atoms with Gasteiger partial charge in [-0.15, -0.1) is 0 Å². The van der Waals surface area contributed by atoms with Crippen LogP contribution in [0.5, 0.6) is 0 Å². The van der Waals surface area contributed by atoms with Crippen LogP contribution in [0.1, 0.15) is 37.6 Å². The van der Waals surface area contributed by atoms with Crippen molar-refractivity contribution in [3.05, 3.63) is 35.9 Å². The zero-order valence-electron chi connectivity index (χ0n) is 16.2. The molecule has 1 saturated heterocycles. The first-order valence-corrected chi connectivity index (χ1v) is 9.57. The smallest absolute Gasteiger partial charge is 0.252 e. The average Bonchev–Trinajstić information content (AvgIpc) is 2.59. The van der Waals surface area contributed by atoms with E-state index in [1.54, 1.807) is 0 Å². The Balaban J connectivity index is 1.72. The predicted octanol–water partition coefficient (Wildman–Crippen LogP) is 3.37. The second-order valence-corrected chi connectivity index (χ2v) is 7.86. The number of nitrogens with one attached hydrogen (secondary N) is 2. The summed E-state index contributed by atoms with van der Waals surface area (Å²) in [5.74, 6) is 2.12. The lowest BCUT2D eigenvalue weighted by molar-refractivity contribution is 0.0906. The van der Waals surface area contributed by atoms with Gasteiger partial charge in [0.05, 0.1) is 11.1 Å². The van der Waals surface area contributed by atoms with Crippen LogP contribution < -0.4 is 10.6 Å². The zero-order valence-corrected chi connectivity index (χ0v) is 16.2. The highest BCUT2D eigenvalue weighted by Gasteiger charge is 2.23. The molecule has 0 aliphatic carbocycles. The highest BCUT2D eigenvalue weighted by atomic mass is 16.1. The van der Waals surface area contributed by atoms with Crippen molar-refractivity contribution in [2.45, 2.75) is 33.2 Å². The summed E-state index contributed by atoms with van der Waals surface area (Å²) in [6, 6.07) is 9.71. The number of carbonyl (C=O) groups is 1. The number of carbonyl (C=O) groups excluding carboxylic acids is 1. The number of nitrogens with zero attached hydrogens (tertiary/aromatic N) is 2. The molecule has 5 heteroatoms. The number of para-hydroxylation sites is 1. The Bertz CT molecular complexity index is 766. The van der Waals surface area contributed by atoms with E-state index in [0.717, 1.165) is 42.4 Å². The van der Waals surface area contributed by atoms with Gasteiger partial charge in [0.15, 0.2) is 0 Å². The molecule has 0 bridgehead atoms. The Labute approximate surface area is 156 Å². The molecule has 1 aromatic heterocycles. The Hall–Kier alpha value is -2.14. The minimum Gasteiger partial charge on any atom is -0.373 e. The molecule has 140 valence electrons. The molecule has 1 aliphatic heterocycles. The number of rotatable bonds is 5. The molecule has 2 aromatic rings. The standard InChI is InChI=1S/C21H30N4O/c1-14-9-15(2)12-25(11-14)13-16(3)23-21(26)18-10-20(22-4)24-19-8-6-5-7-17(18)19/h5-8,10,14-16H,9,11-13H2,1-4H3,(H,22,24)(H,23,26)/t14-,15-,16-/m1/s1. The lowest BCUT2D eigenvalue weighted by Crippen LogP contribution is -2.47. The van der Waals surface area contributed by atoms with Crippen molar-refractivity contribution in [1.82, 2.24) is 15.2 Å². The summed E-state index contributed by atoms with van der Waals surface area (Å²) >= 11 is 0. The number of anilines is 1. The Kier molecular flexibility index (Phi) is 5.77. The first-order chi connectivity index (χ1) is 12.5. The van der Waals surface area contributed by atoms with Crippen LogP contribution in [-0.4, -0.2) is 48.5 Å². The van der Waals surface area contributed by atoms with Crippen LogP contribution >= 0.6 is 0 Å². The van der Waals surface area contributed by atoms with Crippen molar-refractivity contribution in [3.63, 3.8) is 0 Å². The predicted molar refractivity (Wildman–Crippen MR) is 108 cm³/mol. The van der Waals surface area contributed by atoms with Gasteiger partial charge in [0.1, 0.15) is 5.82 Å². The molecule has 3 rings (SSSR count). The van der Waals surface area contributed by atoms with Crippen molar-refractivity contribution in [2.75, 3.05) is 32.0 Å². The van der Waals surface area contributed by atoms with E-state index in [9.17, 15) is 4.79 Å². The number of pyridine rings is 1. The van der Waals surface area contributed by atoms with E-state index < -0.39 is 0 Å². The van der Waals surface area contributed by atoms with Crippen LogP contribution in [0.2, 0.25) is 0 Å². The van der Waals surface area contributed by atoms with Crippen molar-refractivity contribution >= 4 is 22.6 Å². The maximum Gasteiger partial charge on any atom is 0.252 e. The number of benzene rings is 1. The third-order valence-electron chi connectivity index (χ3n) is 5.07. The summed E-state index contributed by atoms with van der Waals surface area (Å²) in [5.41, 5.74) is 1.50. The van der Waals surface area contributed by atoms with Crippen LogP contribution in [0.3, 0.4) is 0 Å². The Morgan fingerprint density at radius 3 is 2.65 bits per heavy atom. The SMILES string of the molecule is CNc1cc(C(=O)N[C@H](C)CN2C[C@H](C)C[C@@H](C)C2)c2ccccc2n1. The number of fused-ring (bicyclic) bond motifs is 1. The summed E-state index contributed by atoms with van der Waals surface area (Å²) < 4.78 is 0. The monoisotopic (exact) mass is 354 g/mol. The van der Waals surface area contributed by atoms with Crippen molar-refractivity contribution in [1.29, 1.82) is 0 Å². The minimum absolute atomic E-state index is 0.0364. The number of piperidine rings is 1. The maximum atomic E-state index is 12.9. The third kappa shape index (κ3) is 4.33. The fourth-order valence-corrected chi connectivity index (χ4v) is 4.17. The highest BCUT2D eigenvalue weighted by Crippen LogP contribution is 2.22. The van der Waals surface area contributed by atoms with E-state index in [1.165, 1.54) is 6.42 Å². The summed E-state index contributed by atoms with van der Waals surface area (Å²) in [6.45, 7) is 9.84. The molecular formula is C21H30N4O. The van der Waals surface area contributed by atoms with Gasteiger partial charge in [-0.25, -0.2) is 4.98 Å². The third-order valence-corrected chi connectivity index (χ3v) is 5.07. The molecule has 3 atom stereocenters. The van der Waals surface area contributed by atoms with Crippen molar-refractivity contribution in [2.24, 2.45) is 11.8 Å². The molecular weight excluding hydrogens is 324 g/mol. The van der Waals surface area contributed by atoms with Gasteiger partial charge in [-0.2, -0.15) is 0 Å². The molecule has 26 heavy (non-hydrogen) atoms. The van der Waals surface area contributed by atoms with Gasteiger partial charge in [-0.1, -0.05) is 32.0 Å². The van der Waals surface area contributed by atoms with E-state index in [0.29, 0.717) is 11.4 Å². The van der Waals surface area contributed by atoms with Crippen molar-refractivity contribution < 1.29 is 4.79 Å². The largest absolute Gasteiger partial charge is 0.373 e. The van der Waals surface area contributed by atoms with E-state index in [-0.39, 0.29) is 11.9 Å². The molecule has 1 fully saturated rings. The quantitative estimate of drug-likeness (QED) is 0.864.